The van der Waals surface area contributed by atoms with E-state index in [-0.39, 0.29) is 18.4 Å². The maximum atomic E-state index is 13.0. The first-order chi connectivity index (χ1) is 8.59. The third kappa shape index (κ3) is 3.43. The van der Waals surface area contributed by atoms with Gasteiger partial charge >= 0.3 is 6.18 Å². The normalized spacial score (nSPS) is 29.8. The van der Waals surface area contributed by atoms with Gasteiger partial charge in [0.1, 0.15) is 0 Å². The molecule has 0 bridgehead atoms. The zero-order valence-electron chi connectivity index (χ0n) is 12.5. The van der Waals surface area contributed by atoms with Crippen molar-refractivity contribution in [2.45, 2.75) is 70.1 Å². The van der Waals surface area contributed by atoms with Gasteiger partial charge < -0.3 is 5.73 Å². The molecular weight excluding hydrogens is 253 g/mol. The zero-order valence-corrected chi connectivity index (χ0v) is 12.5. The molecule has 1 saturated carbocycles. The van der Waals surface area contributed by atoms with Gasteiger partial charge in [-0.2, -0.15) is 13.2 Å². The Morgan fingerprint density at radius 3 is 2.32 bits per heavy atom. The van der Waals surface area contributed by atoms with E-state index in [4.69, 9.17) is 5.73 Å². The fraction of sp³-hybridized carbons (Fsp3) is 1.00. The maximum absolute atomic E-state index is 13.0. The lowest BCUT2D eigenvalue weighted by Crippen LogP contribution is -2.62. The van der Waals surface area contributed by atoms with Crippen molar-refractivity contribution in [3.63, 3.8) is 0 Å². The molecular formula is C14H27F3N2. The summed E-state index contributed by atoms with van der Waals surface area (Å²) in [6.45, 7) is 6.49. The molecule has 0 radical (unpaired) electrons. The average Bonchev–Trinajstić information content (AvgIpc) is 2.36. The molecule has 114 valence electrons. The van der Waals surface area contributed by atoms with Crippen LogP contribution in [0.2, 0.25) is 0 Å². The lowest BCUT2D eigenvalue weighted by molar-refractivity contribution is -0.196. The largest absolute Gasteiger partial charge is 0.391 e. The van der Waals surface area contributed by atoms with Gasteiger partial charge in [0.05, 0.1) is 5.92 Å². The zero-order chi connectivity index (χ0) is 14.9. The Balaban J connectivity index is 2.97. The third-order valence-electron chi connectivity index (χ3n) is 5.15. The highest BCUT2D eigenvalue weighted by Gasteiger charge is 2.50. The Morgan fingerprint density at radius 2 is 1.89 bits per heavy atom. The molecule has 1 aliphatic carbocycles. The summed E-state index contributed by atoms with van der Waals surface area (Å²) in [6.07, 6.45) is -1.47. The Kier molecular flexibility index (Phi) is 4.94. The predicted octanol–water partition coefficient (Wildman–Crippen LogP) is 3.56. The molecule has 5 heteroatoms. The van der Waals surface area contributed by atoms with Crippen LogP contribution >= 0.6 is 0 Å². The Bertz CT molecular complexity index is 302. The van der Waals surface area contributed by atoms with Crippen LogP contribution in [0.3, 0.4) is 0 Å². The number of halogens is 3. The SMILES string of the molecule is CCC(C)(C)N(C)C1(CN)CCCC(C(F)(F)F)C1. The van der Waals surface area contributed by atoms with Crippen LogP contribution in [0.1, 0.15) is 52.9 Å². The van der Waals surface area contributed by atoms with Crippen molar-refractivity contribution >= 4 is 0 Å². The van der Waals surface area contributed by atoms with Crippen LogP contribution in [0.15, 0.2) is 0 Å². The lowest BCUT2D eigenvalue weighted by Gasteiger charge is -2.53. The van der Waals surface area contributed by atoms with Crippen LogP contribution in [0.5, 0.6) is 0 Å². The number of hydrogen-bond donors (Lipinski definition) is 1. The van der Waals surface area contributed by atoms with Gasteiger partial charge in [-0.1, -0.05) is 13.3 Å². The summed E-state index contributed by atoms with van der Waals surface area (Å²) in [5.41, 5.74) is 5.24. The molecule has 2 N–H and O–H groups in total. The van der Waals surface area contributed by atoms with E-state index in [0.717, 1.165) is 12.8 Å². The quantitative estimate of drug-likeness (QED) is 0.853. The van der Waals surface area contributed by atoms with Crippen molar-refractivity contribution in [1.82, 2.24) is 4.90 Å². The number of hydrogen-bond acceptors (Lipinski definition) is 2. The lowest BCUT2D eigenvalue weighted by atomic mass is 9.72. The van der Waals surface area contributed by atoms with Gasteiger partial charge in [-0.15, -0.1) is 0 Å². The average molecular weight is 280 g/mol. The van der Waals surface area contributed by atoms with E-state index in [9.17, 15) is 13.2 Å². The van der Waals surface area contributed by atoms with Crippen LogP contribution in [-0.2, 0) is 0 Å². The summed E-state index contributed by atoms with van der Waals surface area (Å²) in [4.78, 5) is 2.10. The molecule has 2 unspecified atom stereocenters. The van der Waals surface area contributed by atoms with E-state index < -0.39 is 17.6 Å². The van der Waals surface area contributed by atoms with Gasteiger partial charge in [0.25, 0.3) is 0 Å². The summed E-state index contributed by atoms with van der Waals surface area (Å²) in [5, 5.41) is 0. The van der Waals surface area contributed by atoms with Crippen molar-refractivity contribution < 1.29 is 13.2 Å². The van der Waals surface area contributed by atoms with Crippen molar-refractivity contribution in [3.8, 4) is 0 Å². The van der Waals surface area contributed by atoms with Gasteiger partial charge in [-0.3, -0.25) is 4.90 Å². The highest BCUT2D eigenvalue weighted by Crippen LogP contribution is 2.45. The van der Waals surface area contributed by atoms with E-state index in [1.165, 1.54) is 0 Å². The molecule has 0 aromatic rings. The molecule has 0 spiro atoms. The Morgan fingerprint density at radius 1 is 1.32 bits per heavy atom. The second-order valence-electron chi connectivity index (χ2n) is 6.49. The van der Waals surface area contributed by atoms with Gasteiger partial charge in [0, 0.05) is 17.6 Å². The fourth-order valence-electron chi connectivity index (χ4n) is 3.13. The van der Waals surface area contributed by atoms with Gasteiger partial charge in [0.15, 0.2) is 0 Å². The standard InChI is InChI=1S/C14H27F3N2/c1-5-12(2,3)19(4)13(10-18)8-6-7-11(9-13)14(15,16)17/h11H,5-10,18H2,1-4H3. The molecule has 0 heterocycles. The third-order valence-corrected chi connectivity index (χ3v) is 5.15. The summed E-state index contributed by atoms with van der Waals surface area (Å²) in [6, 6.07) is 0. The minimum absolute atomic E-state index is 0.132. The van der Waals surface area contributed by atoms with E-state index in [1.54, 1.807) is 0 Å². The number of alkyl halides is 3. The highest BCUT2D eigenvalue weighted by atomic mass is 19.4. The molecule has 2 nitrogen and oxygen atoms in total. The van der Waals surface area contributed by atoms with Crippen LogP contribution in [0.4, 0.5) is 13.2 Å². The first kappa shape index (κ1) is 16.8. The minimum atomic E-state index is -4.10. The van der Waals surface area contributed by atoms with Crippen molar-refractivity contribution in [2.75, 3.05) is 13.6 Å². The van der Waals surface area contributed by atoms with Gasteiger partial charge in [-0.25, -0.2) is 0 Å². The number of rotatable bonds is 4. The number of likely N-dealkylation sites (N-methyl/N-ethyl adjacent to an activating group) is 1. The molecule has 0 saturated heterocycles. The monoisotopic (exact) mass is 280 g/mol. The second kappa shape index (κ2) is 5.60. The smallest absolute Gasteiger partial charge is 0.329 e. The van der Waals surface area contributed by atoms with Gasteiger partial charge in [-0.05, 0) is 46.6 Å². The summed E-state index contributed by atoms with van der Waals surface area (Å²) >= 11 is 0. The van der Waals surface area contributed by atoms with Crippen LogP contribution < -0.4 is 5.73 Å². The van der Waals surface area contributed by atoms with E-state index in [1.807, 2.05) is 7.05 Å². The molecule has 0 aromatic carbocycles. The number of nitrogens with zero attached hydrogens (tertiary/aromatic N) is 1. The summed E-state index contributed by atoms with van der Waals surface area (Å²) < 4.78 is 39.0. The van der Waals surface area contributed by atoms with Gasteiger partial charge in [0.2, 0.25) is 0 Å². The van der Waals surface area contributed by atoms with Crippen LogP contribution in [-0.4, -0.2) is 35.7 Å². The molecule has 1 fully saturated rings. The first-order valence-electron chi connectivity index (χ1n) is 7.10. The summed E-state index contributed by atoms with van der Waals surface area (Å²) in [7, 11) is 1.93. The van der Waals surface area contributed by atoms with Crippen molar-refractivity contribution in [2.24, 2.45) is 11.7 Å². The molecule has 19 heavy (non-hydrogen) atoms. The molecule has 0 amide bonds. The van der Waals surface area contributed by atoms with Crippen LogP contribution in [0.25, 0.3) is 0 Å². The molecule has 0 aromatic heterocycles. The van der Waals surface area contributed by atoms with E-state index in [2.05, 4.69) is 25.7 Å². The van der Waals surface area contributed by atoms with E-state index >= 15 is 0 Å². The minimum Gasteiger partial charge on any atom is -0.329 e. The summed E-state index contributed by atoms with van der Waals surface area (Å²) in [5.74, 6) is -1.21. The molecule has 2 atom stereocenters. The topological polar surface area (TPSA) is 29.3 Å². The Hall–Kier alpha value is -0.290. The fourth-order valence-corrected chi connectivity index (χ4v) is 3.13. The predicted molar refractivity (Wildman–Crippen MR) is 71.9 cm³/mol. The first-order valence-corrected chi connectivity index (χ1v) is 7.10. The van der Waals surface area contributed by atoms with Crippen LogP contribution in [0, 0.1) is 5.92 Å². The number of nitrogens with two attached hydrogens (primary N) is 1. The highest BCUT2D eigenvalue weighted by molar-refractivity contribution is 5.01. The van der Waals surface area contributed by atoms with Crippen molar-refractivity contribution in [3.05, 3.63) is 0 Å². The van der Waals surface area contributed by atoms with E-state index in [0.29, 0.717) is 13.0 Å². The second-order valence-corrected chi connectivity index (χ2v) is 6.49. The molecule has 1 aliphatic rings. The van der Waals surface area contributed by atoms with Crippen molar-refractivity contribution in [1.29, 1.82) is 0 Å². The maximum Gasteiger partial charge on any atom is 0.391 e. The molecule has 1 rings (SSSR count). The Labute approximate surface area is 114 Å². The molecule has 0 aliphatic heterocycles.